The van der Waals surface area contributed by atoms with Crippen molar-refractivity contribution < 1.29 is 14.7 Å². The van der Waals surface area contributed by atoms with Crippen LogP contribution < -0.4 is 5.56 Å². The molecule has 3 aromatic rings. The molecule has 0 aromatic carbocycles. The molecule has 1 fully saturated rings. The number of imidazole rings is 1. The number of hydrogen-bond donors (Lipinski definition) is 1. The fourth-order valence-electron chi connectivity index (χ4n) is 4.51. The van der Waals surface area contributed by atoms with Crippen molar-refractivity contribution in [3.8, 4) is 11.3 Å². The summed E-state index contributed by atoms with van der Waals surface area (Å²) in [5.41, 5.74) is 3.75. The zero-order valence-electron chi connectivity index (χ0n) is 16.1. The Kier molecular flexibility index (Phi) is 4.92. The van der Waals surface area contributed by atoms with Crippen LogP contribution in [0.4, 0.5) is 0 Å². The van der Waals surface area contributed by atoms with Gasteiger partial charge in [-0.15, -0.1) is 0 Å². The molecule has 2 aliphatic heterocycles. The van der Waals surface area contributed by atoms with Gasteiger partial charge in [0, 0.05) is 56.0 Å². The molecule has 2 atom stereocenters. The van der Waals surface area contributed by atoms with Gasteiger partial charge in [-0.25, -0.2) is 4.98 Å². The first-order valence-corrected chi connectivity index (χ1v) is 9.52. The maximum Gasteiger partial charge on any atom is 0.290 e. The van der Waals surface area contributed by atoms with Crippen LogP contribution in [0.2, 0.25) is 0 Å². The molecule has 8 heteroatoms. The molecule has 2 bridgehead atoms. The van der Waals surface area contributed by atoms with Crippen LogP contribution in [0.15, 0.2) is 47.5 Å². The van der Waals surface area contributed by atoms with E-state index < -0.39 is 0 Å². The molecule has 5 rings (SSSR count). The Balaban J connectivity index is 0.000000645. The monoisotopic (exact) mass is 394 g/mol. The minimum absolute atomic E-state index is 0.0364. The van der Waals surface area contributed by atoms with Crippen LogP contribution in [0.5, 0.6) is 0 Å². The topological polar surface area (TPSA) is 96.9 Å². The second kappa shape index (κ2) is 7.54. The summed E-state index contributed by atoms with van der Waals surface area (Å²) in [5, 5.41) is 6.89. The van der Waals surface area contributed by atoms with Gasteiger partial charge in [-0.05, 0) is 30.5 Å². The molecule has 3 aromatic heterocycles. The Morgan fingerprint density at radius 3 is 2.79 bits per heavy atom. The highest BCUT2D eigenvalue weighted by molar-refractivity contribution is 5.73. The summed E-state index contributed by atoms with van der Waals surface area (Å²) in [5.74, 6) is 0.705. The maximum absolute atomic E-state index is 12.8. The number of carboxylic acid groups (broad SMARTS) is 1. The van der Waals surface area contributed by atoms with Crippen molar-refractivity contribution >= 4 is 18.0 Å². The highest BCUT2D eigenvalue weighted by Crippen LogP contribution is 2.36. The zero-order valence-corrected chi connectivity index (χ0v) is 16.1. The number of nitrogens with zero attached hydrogens (tertiary/aromatic N) is 4. The summed E-state index contributed by atoms with van der Waals surface area (Å²) in [6.45, 7) is 3.53. The predicted molar refractivity (Wildman–Crippen MR) is 107 cm³/mol. The molecule has 1 amide bonds. The summed E-state index contributed by atoms with van der Waals surface area (Å²) in [6.07, 6.45) is 4.82. The van der Waals surface area contributed by atoms with E-state index in [2.05, 4.69) is 11.1 Å². The first-order chi connectivity index (χ1) is 14.0. The van der Waals surface area contributed by atoms with Crippen LogP contribution >= 0.6 is 0 Å². The zero-order chi connectivity index (χ0) is 20.5. The molecule has 0 aliphatic carbocycles. The smallest absolute Gasteiger partial charge is 0.290 e. The lowest BCUT2D eigenvalue weighted by molar-refractivity contribution is -0.131. The van der Waals surface area contributed by atoms with Crippen LogP contribution in [0.25, 0.3) is 16.9 Å². The minimum atomic E-state index is -0.250. The number of piperidine rings is 1. The molecule has 0 saturated carbocycles. The second-order valence-corrected chi connectivity index (χ2v) is 7.52. The Morgan fingerprint density at radius 2 is 2.03 bits per heavy atom. The van der Waals surface area contributed by atoms with Crippen molar-refractivity contribution in [2.45, 2.75) is 25.8 Å². The van der Waals surface area contributed by atoms with E-state index >= 15 is 0 Å². The molecule has 0 radical (unpaired) electrons. The lowest BCUT2D eigenvalue weighted by atomic mass is 9.82. The SMILES string of the molecule is CC(=O)N1C[C@@H]2C[C@H](C1)c1cc(-c3cnc4ccccn34)cc(=O)n1C2.O=CO. The molecule has 1 saturated heterocycles. The van der Waals surface area contributed by atoms with Crippen molar-refractivity contribution in [1.29, 1.82) is 0 Å². The van der Waals surface area contributed by atoms with Crippen LogP contribution in [0.1, 0.15) is 25.0 Å². The average Bonchev–Trinajstić information content (AvgIpc) is 3.13. The average molecular weight is 394 g/mol. The van der Waals surface area contributed by atoms with E-state index in [0.29, 0.717) is 19.0 Å². The molecule has 1 N–H and O–H groups in total. The highest BCUT2D eigenvalue weighted by atomic mass is 16.3. The molecular formula is C21H22N4O4. The lowest BCUT2D eigenvalue weighted by Gasteiger charge is -2.42. The van der Waals surface area contributed by atoms with Crippen LogP contribution in [0.3, 0.4) is 0 Å². The first kappa shape index (κ1) is 18.9. The van der Waals surface area contributed by atoms with Gasteiger partial charge in [0.25, 0.3) is 12.0 Å². The van der Waals surface area contributed by atoms with Gasteiger partial charge in [0.05, 0.1) is 11.9 Å². The van der Waals surface area contributed by atoms with Crippen LogP contribution in [0, 0.1) is 5.92 Å². The third kappa shape index (κ3) is 3.41. The molecule has 29 heavy (non-hydrogen) atoms. The summed E-state index contributed by atoms with van der Waals surface area (Å²) < 4.78 is 3.91. The van der Waals surface area contributed by atoms with Crippen molar-refractivity contribution in [2.24, 2.45) is 5.92 Å². The number of aromatic nitrogens is 3. The normalized spacial score (nSPS) is 19.8. The fourth-order valence-corrected chi connectivity index (χ4v) is 4.51. The van der Waals surface area contributed by atoms with E-state index in [1.165, 1.54) is 0 Å². The van der Waals surface area contributed by atoms with Gasteiger partial charge < -0.3 is 14.6 Å². The third-order valence-electron chi connectivity index (χ3n) is 5.71. The van der Waals surface area contributed by atoms with Gasteiger partial charge in [0.15, 0.2) is 0 Å². The maximum atomic E-state index is 12.8. The summed E-state index contributed by atoms with van der Waals surface area (Å²) in [4.78, 5) is 39.4. The van der Waals surface area contributed by atoms with E-state index in [1.54, 1.807) is 13.0 Å². The molecular weight excluding hydrogens is 372 g/mol. The molecule has 2 aliphatic rings. The quantitative estimate of drug-likeness (QED) is 0.635. The molecule has 0 unspecified atom stereocenters. The number of carbonyl (C=O) groups excluding carboxylic acids is 1. The number of amides is 1. The number of pyridine rings is 2. The van der Waals surface area contributed by atoms with Gasteiger partial charge >= 0.3 is 0 Å². The summed E-state index contributed by atoms with van der Waals surface area (Å²) in [6, 6.07) is 9.68. The Bertz CT molecular complexity index is 1130. The fraction of sp³-hybridized carbons (Fsp3) is 0.333. The van der Waals surface area contributed by atoms with Crippen molar-refractivity contribution in [3.63, 3.8) is 0 Å². The Hall–Kier alpha value is -3.42. The van der Waals surface area contributed by atoms with Crippen LogP contribution in [-0.4, -0.2) is 49.4 Å². The number of carbonyl (C=O) groups is 2. The van der Waals surface area contributed by atoms with Crippen molar-refractivity contribution in [2.75, 3.05) is 13.1 Å². The standard InChI is InChI=1S/C20H20N4O2.CH2O2/c1-13(25)22-10-14-6-16(12-22)17-7-15(8-20(26)24(17)11-14)18-9-21-19-4-2-3-5-23(18)19;2-1-3/h2-5,7-9,14,16H,6,10-12H2,1H3;1H,(H,2,3)/t14-,16+;/m0./s1. The predicted octanol–water partition coefficient (Wildman–Crippen LogP) is 1.83. The summed E-state index contributed by atoms with van der Waals surface area (Å²) in [7, 11) is 0. The van der Waals surface area contributed by atoms with E-state index in [0.717, 1.165) is 35.6 Å². The van der Waals surface area contributed by atoms with Gasteiger partial charge in [0.1, 0.15) is 5.65 Å². The van der Waals surface area contributed by atoms with Gasteiger partial charge in [-0.1, -0.05) is 6.07 Å². The lowest BCUT2D eigenvalue weighted by Crippen LogP contribution is -2.48. The van der Waals surface area contributed by atoms with E-state index in [9.17, 15) is 9.59 Å². The number of likely N-dealkylation sites (tertiary alicyclic amines) is 1. The Labute approximate surface area is 167 Å². The van der Waals surface area contributed by atoms with E-state index in [-0.39, 0.29) is 23.9 Å². The number of fused-ring (bicyclic) bond motifs is 5. The Morgan fingerprint density at radius 1 is 1.24 bits per heavy atom. The summed E-state index contributed by atoms with van der Waals surface area (Å²) >= 11 is 0. The van der Waals surface area contributed by atoms with Gasteiger partial charge in [-0.3, -0.25) is 18.8 Å². The number of hydrogen-bond acceptors (Lipinski definition) is 4. The number of rotatable bonds is 1. The minimum Gasteiger partial charge on any atom is -0.483 e. The van der Waals surface area contributed by atoms with Crippen molar-refractivity contribution in [3.05, 3.63) is 58.8 Å². The van der Waals surface area contributed by atoms with Gasteiger partial charge in [-0.2, -0.15) is 0 Å². The highest BCUT2D eigenvalue weighted by Gasteiger charge is 2.35. The molecule has 150 valence electrons. The van der Waals surface area contributed by atoms with Crippen molar-refractivity contribution in [1.82, 2.24) is 18.9 Å². The largest absolute Gasteiger partial charge is 0.483 e. The second-order valence-electron chi connectivity index (χ2n) is 7.52. The molecule has 5 heterocycles. The first-order valence-electron chi connectivity index (χ1n) is 9.52. The third-order valence-corrected chi connectivity index (χ3v) is 5.71. The molecule has 8 nitrogen and oxygen atoms in total. The van der Waals surface area contributed by atoms with E-state index in [1.807, 2.05) is 44.5 Å². The van der Waals surface area contributed by atoms with Gasteiger partial charge in [0.2, 0.25) is 5.91 Å². The van der Waals surface area contributed by atoms with E-state index in [4.69, 9.17) is 9.90 Å². The van der Waals surface area contributed by atoms with Crippen LogP contribution in [-0.2, 0) is 16.1 Å². The molecule has 0 spiro atoms.